The van der Waals surface area contributed by atoms with E-state index in [0.29, 0.717) is 5.56 Å². The molecule has 3 heteroatoms. The summed E-state index contributed by atoms with van der Waals surface area (Å²) in [6.07, 6.45) is 12.5. The average Bonchev–Trinajstić information content (AvgIpc) is 3.00. The van der Waals surface area contributed by atoms with Crippen molar-refractivity contribution in [3.8, 4) is 0 Å². The number of hydrogen-bond donors (Lipinski definition) is 2. The predicted octanol–water partition coefficient (Wildman–Crippen LogP) is 4.94. The van der Waals surface area contributed by atoms with E-state index in [1.54, 1.807) is 12.1 Å². The van der Waals surface area contributed by atoms with Gasteiger partial charge in [0.2, 0.25) is 0 Å². The van der Waals surface area contributed by atoms with Crippen LogP contribution in [-0.4, -0.2) is 17.6 Å². The van der Waals surface area contributed by atoms with Gasteiger partial charge >= 0.3 is 5.97 Å². The Bertz CT molecular complexity index is 421. The molecule has 0 atom stereocenters. The Hall–Kier alpha value is -1.51. The second-order valence-electron chi connectivity index (χ2n) is 6.16. The van der Waals surface area contributed by atoms with Gasteiger partial charge < -0.3 is 10.4 Å². The molecule has 21 heavy (non-hydrogen) atoms. The van der Waals surface area contributed by atoms with Crippen molar-refractivity contribution in [1.29, 1.82) is 0 Å². The van der Waals surface area contributed by atoms with Crippen LogP contribution in [0.25, 0.3) is 0 Å². The molecule has 3 nitrogen and oxygen atoms in total. The van der Waals surface area contributed by atoms with Crippen LogP contribution in [0.5, 0.6) is 0 Å². The molecule has 1 saturated carbocycles. The standard InChI is InChI=1S/C18H27NO2/c20-18(21)16-10-12-17(13-11-16)19-14-6-2-1-3-7-15-8-4-5-9-15/h10-13,15,19H,1-9,14H2,(H,20,21). The Balaban J connectivity index is 1.50. The number of unbranched alkanes of at least 4 members (excludes halogenated alkanes) is 3. The summed E-state index contributed by atoms with van der Waals surface area (Å²) in [7, 11) is 0. The van der Waals surface area contributed by atoms with E-state index in [-0.39, 0.29) is 0 Å². The molecule has 0 unspecified atom stereocenters. The van der Waals surface area contributed by atoms with E-state index in [4.69, 9.17) is 5.11 Å². The summed E-state index contributed by atoms with van der Waals surface area (Å²) in [4.78, 5) is 10.7. The molecule has 0 aliphatic heterocycles. The van der Waals surface area contributed by atoms with Crippen LogP contribution in [0.2, 0.25) is 0 Å². The summed E-state index contributed by atoms with van der Waals surface area (Å²) in [5, 5.41) is 12.2. The summed E-state index contributed by atoms with van der Waals surface area (Å²) in [5.74, 6) is 0.152. The molecular formula is C18H27NO2. The molecule has 1 aliphatic carbocycles. The van der Waals surface area contributed by atoms with Gasteiger partial charge in [-0.2, -0.15) is 0 Å². The van der Waals surface area contributed by atoms with E-state index in [1.807, 2.05) is 12.1 Å². The van der Waals surface area contributed by atoms with Gasteiger partial charge in [0, 0.05) is 12.2 Å². The lowest BCUT2D eigenvalue weighted by Crippen LogP contribution is -2.02. The number of benzene rings is 1. The number of carboxylic acids is 1. The van der Waals surface area contributed by atoms with Crippen molar-refractivity contribution in [3.63, 3.8) is 0 Å². The quantitative estimate of drug-likeness (QED) is 0.633. The van der Waals surface area contributed by atoms with Gasteiger partial charge in [0.1, 0.15) is 0 Å². The number of carboxylic acid groups (broad SMARTS) is 1. The molecule has 0 heterocycles. The maximum absolute atomic E-state index is 10.7. The van der Waals surface area contributed by atoms with Crippen LogP contribution >= 0.6 is 0 Å². The van der Waals surface area contributed by atoms with E-state index in [1.165, 1.54) is 57.8 Å². The lowest BCUT2D eigenvalue weighted by molar-refractivity contribution is 0.0697. The zero-order valence-electron chi connectivity index (χ0n) is 12.8. The second-order valence-corrected chi connectivity index (χ2v) is 6.16. The van der Waals surface area contributed by atoms with Crippen LogP contribution < -0.4 is 5.32 Å². The Morgan fingerprint density at radius 3 is 2.38 bits per heavy atom. The highest BCUT2D eigenvalue weighted by molar-refractivity contribution is 5.87. The smallest absolute Gasteiger partial charge is 0.335 e. The van der Waals surface area contributed by atoms with Crippen LogP contribution in [0.15, 0.2) is 24.3 Å². The van der Waals surface area contributed by atoms with Crippen LogP contribution in [0.1, 0.15) is 68.1 Å². The van der Waals surface area contributed by atoms with Crippen LogP contribution in [0.3, 0.4) is 0 Å². The maximum Gasteiger partial charge on any atom is 0.335 e. The van der Waals surface area contributed by atoms with Crippen molar-refractivity contribution >= 4 is 11.7 Å². The van der Waals surface area contributed by atoms with Gasteiger partial charge in [0.25, 0.3) is 0 Å². The average molecular weight is 289 g/mol. The predicted molar refractivity (Wildman–Crippen MR) is 86.9 cm³/mol. The van der Waals surface area contributed by atoms with E-state index in [0.717, 1.165) is 18.2 Å². The van der Waals surface area contributed by atoms with Crippen LogP contribution in [0.4, 0.5) is 5.69 Å². The minimum Gasteiger partial charge on any atom is -0.478 e. The molecule has 1 aromatic rings. The Morgan fingerprint density at radius 2 is 1.71 bits per heavy atom. The van der Waals surface area contributed by atoms with Gasteiger partial charge in [-0.15, -0.1) is 0 Å². The first kappa shape index (κ1) is 15.9. The highest BCUT2D eigenvalue weighted by atomic mass is 16.4. The van der Waals surface area contributed by atoms with Crippen molar-refractivity contribution in [3.05, 3.63) is 29.8 Å². The molecule has 1 aliphatic rings. The molecule has 1 aromatic carbocycles. The van der Waals surface area contributed by atoms with Gasteiger partial charge in [-0.25, -0.2) is 4.79 Å². The molecular weight excluding hydrogens is 262 g/mol. The van der Waals surface area contributed by atoms with Crippen molar-refractivity contribution in [2.75, 3.05) is 11.9 Å². The first-order chi connectivity index (χ1) is 10.3. The lowest BCUT2D eigenvalue weighted by atomic mass is 9.99. The molecule has 2 rings (SSSR count). The van der Waals surface area contributed by atoms with Crippen molar-refractivity contribution in [2.24, 2.45) is 5.92 Å². The van der Waals surface area contributed by atoms with E-state index in [2.05, 4.69) is 5.32 Å². The van der Waals surface area contributed by atoms with Gasteiger partial charge in [0.05, 0.1) is 5.56 Å². The SMILES string of the molecule is O=C(O)c1ccc(NCCCCCCC2CCCC2)cc1. The van der Waals surface area contributed by atoms with E-state index in [9.17, 15) is 4.79 Å². The molecule has 2 N–H and O–H groups in total. The molecule has 0 saturated heterocycles. The monoisotopic (exact) mass is 289 g/mol. The highest BCUT2D eigenvalue weighted by Gasteiger charge is 2.13. The van der Waals surface area contributed by atoms with Gasteiger partial charge in [-0.1, -0.05) is 51.4 Å². The minimum absolute atomic E-state index is 0.340. The van der Waals surface area contributed by atoms with Crippen LogP contribution in [-0.2, 0) is 0 Å². The number of rotatable bonds is 9. The number of aromatic carboxylic acids is 1. The summed E-state index contributed by atoms with van der Waals surface area (Å²) in [6, 6.07) is 6.96. The normalized spacial score (nSPS) is 15.2. The Labute approximate surface area is 127 Å². The Kier molecular flexibility index (Phi) is 6.58. The second kappa shape index (κ2) is 8.71. The minimum atomic E-state index is -0.871. The van der Waals surface area contributed by atoms with Gasteiger partial charge in [0.15, 0.2) is 0 Å². The summed E-state index contributed by atoms with van der Waals surface area (Å²) >= 11 is 0. The first-order valence-corrected chi connectivity index (χ1v) is 8.33. The summed E-state index contributed by atoms with van der Waals surface area (Å²) < 4.78 is 0. The molecule has 0 bridgehead atoms. The maximum atomic E-state index is 10.7. The molecule has 116 valence electrons. The summed E-state index contributed by atoms with van der Waals surface area (Å²) in [5.41, 5.74) is 1.35. The topological polar surface area (TPSA) is 49.3 Å². The zero-order valence-corrected chi connectivity index (χ0v) is 12.8. The first-order valence-electron chi connectivity index (χ1n) is 8.33. The molecule has 0 radical (unpaired) electrons. The van der Waals surface area contributed by atoms with E-state index >= 15 is 0 Å². The third-order valence-electron chi connectivity index (χ3n) is 4.47. The Morgan fingerprint density at radius 1 is 1.05 bits per heavy atom. The summed E-state index contributed by atoms with van der Waals surface area (Å²) in [6.45, 7) is 0.968. The molecule has 1 fully saturated rings. The van der Waals surface area contributed by atoms with Crippen molar-refractivity contribution in [1.82, 2.24) is 0 Å². The van der Waals surface area contributed by atoms with E-state index < -0.39 is 5.97 Å². The van der Waals surface area contributed by atoms with Gasteiger partial charge in [-0.05, 0) is 36.6 Å². The van der Waals surface area contributed by atoms with Gasteiger partial charge in [-0.3, -0.25) is 0 Å². The molecule has 0 aromatic heterocycles. The third-order valence-corrected chi connectivity index (χ3v) is 4.47. The largest absolute Gasteiger partial charge is 0.478 e. The fourth-order valence-electron chi connectivity index (χ4n) is 3.17. The molecule has 0 amide bonds. The number of nitrogens with one attached hydrogen (secondary N) is 1. The van der Waals surface area contributed by atoms with Crippen LogP contribution in [0, 0.1) is 5.92 Å². The highest BCUT2D eigenvalue weighted by Crippen LogP contribution is 2.29. The zero-order chi connectivity index (χ0) is 14.9. The molecule has 0 spiro atoms. The third kappa shape index (κ3) is 5.78. The number of carbonyl (C=O) groups is 1. The lowest BCUT2D eigenvalue weighted by Gasteiger charge is -2.09. The fourth-order valence-corrected chi connectivity index (χ4v) is 3.17. The number of hydrogen-bond acceptors (Lipinski definition) is 2. The number of anilines is 1. The van der Waals surface area contributed by atoms with Crippen molar-refractivity contribution in [2.45, 2.75) is 57.8 Å². The fraction of sp³-hybridized carbons (Fsp3) is 0.611. The van der Waals surface area contributed by atoms with Crippen molar-refractivity contribution < 1.29 is 9.90 Å².